The molecule has 0 amide bonds. The van der Waals surface area contributed by atoms with Gasteiger partial charge in [-0.1, -0.05) is 154 Å². The maximum Gasteiger partial charge on any atom is 0.162 e. The first kappa shape index (κ1) is 31.6. The van der Waals surface area contributed by atoms with E-state index in [1.54, 1.807) is 0 Å². The summed E-state index contributed by atoms with van der Waals surface area (Å²) in [6, 6.07) is 3.79. The first-order valence-electron chi connectivity index (χ1n) is 17.1. The molecule has 0 unspecified atom stereocenters. The molecule has 0 bridgehead atoms. The number of hydrogen-bond acceptors (Lipinski definition) is 0. The van der Waals surface area contributed by atoms with E-state index >= 15 is 0 Å². The fourth-order valence-corrected chi connectivity index (χ4v) is 7.43. The molecule has 2 saturated carbocycles. The van der Waals surface area contributed by atoms with E-state index in [1.807, 2.05) is 12.1 Å². The van der Waals surface area contributed by atoms with Crippen LogP contribution in [0, 0.1) is 35.3 Å². The molecule has 0 saturated heterocycles. The highest BCUT2D eigenvalue weighted by atomic mass is 19.2. The Morgan fingerprint density at radius 2 is 0.789 bits per heavy atom. The number of benzene rings is 1. The zero-order valence-corrected chi connectivity index (χ0v) is 25.2. The summed E-state index contributed by atoms with van der Waals surface area (Å²) in [5, 5.41) is 0. The normalized spacial score (nSPS) is 24.1. The van der Waals surface area contributed by atoms with Gasteiger partial charge in [0.2, 0.25) is 0 Å². The van der Waals surface area contributed by atoms with Gasteiger partial charge in [0.25, 0.3) is 0 Å². The van der Waals surface area contributed by atoms with Crippen molar-refractivity contribution in [3.8, 4) is 0 Å². The van der Waals surface area contributed by atoms with Gasteiger partial charge < -0.3 is 0 Å². The Bertz CT molecular complexity index is 677. The second-order valence-corrected chi connectivity index (χ2v) is 13.3. The summed E-state index contributed by atoms with van der Waals surface area (Å²) in [5.41, 5.74) is 1.20. The molecule has 0 radical (unpaired) electrons. The van der Waals surface area contributed by atoms with Crippen molar-refractivity contribution in [1.82, 2.24) is 0 Å². The van der Waals surface area contributed by atoms with Crippen molar-refractivity contribution < 1.29 is 8.78 Å². The van der Waals surface area contributed by atoms with Gasteiger partial charge in [-0.05, 0) is 60.5 Å². The van der Waals surface area contributed by atoms with Gasteiger partial charge in [-0.2, -0.15) is 0 Å². The first-order valence-corrected chi connectivity index (χ1v) is 17.1. The average molecular weight is 531 g/mol. The fraction of sp³-hybridized carbons (Fsp3) is 0.833. The van der Waals surface area contributed by atoms with Crippen LogP contribution in [-0.2, 0) is 12.8 Å². The highest BCUT2D eigenvalue weighted by molar-refractivity contribution is 5.27. The van der Waals surface area contributed by atoms with Gasteiger partial charge in [0.05, 0.1) is 0 Å². The molecule has 1 aromatic rings. The van der Waals surface area contributed by atoms with Crippen LogP contribution in [0.5, 0.6) is 0 Å². The molecule has 1 aromatic carbocycles. The minimum atomic E-state index is -0.560. The molecule has 38 heavy (non-hydrogen) atoms. The van der Waals surface area contributed by atoms with Crippen LogP contribution in [0.2, 0.25) is 0 Å². The Morgan fingerprint density at radius 3 is 1.13 bits per heavy atom. The molecule has 2 aliphatic carbocycles. The minimum absolute atomic E-state index is 0.560. The Kier molecular flexibility index (Phi) is 15.3. The Hall–Kier alpha value is -0.920. The fourth-order valence-electron chi connectivity index (χ4n) is 7.43. The number of hydrogen-bond donors (Lipinski definition) is 0. The summed E-state index contributed by atoms with van der Waals surface area (Å²) in [5.74, 6) is 2.09. The summed E-state index contributed by atoms with van der Waals surface area (Å²) < 4.78 is 29.9. The van der Waals surface area contributed by atoms with Gasteiger partial charge in [-0.15, -0.1) is 0 Å². The van der Waals surface area contributed by atoms with E-state index in [-0.39, 0.29) is 0 Å². The van der Waals surface area contributed by atoms with Gasteiger partial charge in [0.15, 0.2) is 11.6 Å². The maximum absolute atomic E-state index is 14.9. The van der Waals surface area contributed by atoms with Crippen LogP contribution in [0.15, 0.2) is 12.1 Å². The van der Waals surface area contributed by atoms with Crippen molar-refractivity contribution in [2.45, 2.75) is 168 Å². The quantitative estimate of drug-likeness (QED) is 0.166. The Morgan fingerprint density at radius 1 is 0.474 bits per heavy atom. The third-order valence-electron chi connectivity index (χ3n) is 10.3. The van der Waals surface area contributed by atoms with Gasteiger partial charge in [0, 0.05) is 0 Å². The standard InChI is InChI=1S/C36H60F2/c1-3-5-7-9-11-13-29-15-19-31(20-16-29)23-25-33-27-28-34(36(38)35(33)37)26-24-32-21-17-30(18-22-32)14-12-10-8-6-4-2/h27-32H,3-26H2,1-2H3/t29-,30-,31-,32-. The molecule has 2 fully saturated rings. The highest BCUT2D eigenvalue weighted by Crippen LogP contribution is 2.36. The monoisotopic (exact) mass is 530 g/mol. The van der Waals surface area contributed by atoms with E-state index in [0.29, 0.717) is 35.8 Å². The SMILES string of the molecule is CCCCCCC[C@H]1CC[C@H](CCc2ccc(CC[C@H]3CC[C@H](CCCCCCC)CC3)c(F)c2F)CC1. The zero-order chi connectivity index (χ0) is 27.0. The van der Waals surface area contributed by atoms with Crippen molar-refractivity contribution in [2.24, 2.45) is 23.7 Å². The Labute approximate surface area is 235 Å². The van der Waals surface area contributed by atoms with Crippen molar-refractivity contribution in [3.63, 3.8) is 0 Å². The number of aryl methyl sites for hydroxylation is 2. The third-order valence-corrected chi connectivity index (χ3v) is 10.3. The molecule has 0 spiro atoms. The van der Waals surface area contributed by atoms with Crippen LogP contribution in [0.25, 0.3) is 0 Å². The largest absolute Gasteiger partial charge is 0.203 e. The second kappa shape index (κ2) is 18.4. The highest BCUT2D eigenvalue weighted by Gasteiger charge is 2.23. The van der Waals surface area contributed by atoms with E-state index in [1.165, 1.54) is 128 Å². The molecule has 0 heterocycles. The predicted molar refractivity (Wildman–Crippen MR) is 161 cm³/mol. The van der Waals surface area contributed by atoms with Crippen LogP contribution >= 0.6 is 0 Å². The lowest BCUT2D eigenvalue weighted by Gasteiger charge is -2.29. The summed E-state index contributed by atoms with van der Waals surface area (Å²) in [4.78, 5) is 0. The number of halogens is 2. The topological polar surface area (TPSA) is 0 Å². The van der Waals surface area contributed by atoms with Gasteiger partial charge in [0.1, 0.15) is 0 Å². The molecule has 0 nitrogen and oxygen atoms in total. The van der Waals surface area contributed by atoms with Crippen molar-refractivity contribution >= 4 is 0 Å². The third kappa shape index (κ3) is 11.3. The van der Waals surface area contributed by atoms with Crippen LogP contribution < -0.4 is 0 Å². The zero-order valence-electron chi connectivity index (χ0n) is 25.2. The van der Waals surface area contributed by atoms with Gasteiger partial charge in [-0.3, -0.25) is 0 Å². The average Bonchev–Trinajstić information content (AvgIpc) is 2.94. The van der Waals surface area contributed by atoms with Crippen molar-refractivity contribution in [2.75, 3.05) is 0 Å². The lowest BCUT2D eigenvalue weighted by molar-refractivity contribution is 0.247. The Balaban J connectivity index is 1.31. The molecule has 218 valence electrons. The van der Waals surface area contributed by atoms with Crippen molar-refractivity contribution in [3.05, 3.63) is 34.9 Å². The molecular formula is C36H60F2. The molecule has 0 atom stereocenters. The number of unbranched alkanes of at least 4 members (excludes halogenated alkanes) is 8. The molecule has 2 heteroatoms. The predicted octanol–water partition coefficient (Wildman–Crippen LogP) is 12.2. The molecule has 3 rings (SSSR count). The summed E-state index contributed by atoms with van der Waals surface area (Å²) in [6.07, 6.45) is 30.5. The van der Waals surface area contributed by atoms with Gasteiger partial charge >= 0.3 is 0 Å². The van der Waals surface area contributed by atoms with Crippen LogP contribution in [0.3, 0.4) is 0 Å². The van der Waals surface area contributed by atoms with Crippen LogP contribution in [-0.4, -0.2) is 0 Å². The molecule has 0 aliphatic heterocycles. The lowest BCUT2D eigenvalue weighted by Crippen LogP contribution is -2.16. The summed E-state index contributed by atoms with van der Waals surface area (Å²) in [7, 11) is 0. The van der Waals surface area contributed by atoms with Crippen molar-refractivity contribution in [1.29, 1.82) is 0 Å². The maximum atomic E-state index is 14.9. The lowest BCUT2D eigenvalue weighted by atomic mass is 9.77. The summed E-state index contributed by atoms with van der Waals surface area (Å²) >= 11 is 0. The molecule has 2 aliphatic rings. The smallest absolute Gasteiger partial charge is 0.162 e. The van der Waals surface area contributed by atoms with E-state index in [0.717, 1.165) is 24.7 Å². The molecular weight excluding hydrogens is 470 g/mol. The minimum Gasteiger partial charge on any atom is -0.203 e. The second-order valence-electron chi connectivity index (χ2n) is 13.3. The van der Waals surface area contributed by atoms with E-state index < -0.39 is 11.6 Å². The van der Waals surface area contributed by atoms with Gasteiger partial charge in [-0.25, -0.2) is 8.78 Å². The van der Waals surface area contributed by atoms with E-state index in [9.17, 15) is 8.78 Å². The van der Waals surface area contributed by atoms with Crippen LogP contribution in [0.4, 0.5) is 8.78 Å². The van der Waals surface area contributed by atoms with E-state index in [4.69, 9.17) is 0 Å². The molecule has 0 aromatic heterocycles. The molecule has 0 N–H and O–H groups in total. The first-order chi connectivity index (χ1) is 18.6. The number of rotatable bonds is 18. The van der Waals surface area contributed by atoms with E-state index in [2.05, 4.69) is 13.8 Å². The summed E-state index contributed by atoms with van der Waals surface area (Å²) in [6.45, 7) is 4.55. The van der Waals surface area contributed by atoms with Crippen LogP contribution in [0.1, 0.15) is 166 Å².